The standard InChI is InChI=1S/C27H25NO2/c1-18-13-25-23(15-22(18)14-19-7-5-8-19)17-26(20-9-3-2-4-10-20)28(25)24-12-6-11-21(16-24)27(29)30/h2-4,6,9-13,15-17,19H,5,7-8,14H2,1H3,(H,29,30). The lowest BCUT2D eigenvalue weighted by molar-refractivity contribution is 0.0697. The Labute approximate surface area is 176 Å². The third-order valence-electron chi connectivity index (χ3n) is 6.41. The van der Waals surface area contributed by atoms with Crippen LogP contribution >= 0.6 is 0 Å². The lowest BCUT2D eigenvalue weighted by Crippen LogP contribution is -2.14. The molecule has 0 unspecified atom stereocenters. The Morgan fingerprint density at radius 2 is 1.80 bits per heavy atom. The number of benzene rings is 3. The Bertz CT molecular complexity index is 1230. The number of hydrogen-bond acceptors (Lipinski definition) is 1. The van der Waals surface area contributed by atoms with E-state index in [1.165, 1.54) is 35.8 Å². The van der Waals surface area contributed by atoms with Crippen molar-refractivity contribution in [1.82, 2.24) is 4.57 Å². The van der Waals surface area contributed by atoms with Crippen LogP contribution in [0.15, 0.2) is 72.8 Å². The highest BCUT2D eigenvalue weighted by Crippen LogP contribution is 2.36. The number of fused-ring (bicyclic) bond motifs is 1. The number of rotatable bonds is 5. The summed E-state index contributed by atoms with van der Waals surface area (Å²) < 4.78 is 2.19. The second kappa shape index (κ2) is 7.49. The van der Waals surface area contributed by atoms with Gasteiger partial charge in [0, 0.05) is 11.1 Å². The Morgan fingerprint density at radius 3 is 2.50 bits per heavy atom. The average molecular weight is 396 g/mol. The monoisotopic (exact) mass is 395 g/mol. The number of carboxylic acids is 1. The summed E-state index contributed by atoms with van der Waals surface area (Å²) in [6, 6.07) is 24.3. The van der Waals surface area contributed by atoms with E-state index in [-0.39, 0.29) is 0 Å². The first-order valence-electron chi connectivity index (χ1n) is 10.6. The number of aromatic carboxylic acids is 1. The summed E-state index contributed by atoms with van der Waals surface area (Å²) in [6.07, 6.45) is 5.20. The van der Waals surface area contributed by atoms with Crippen LogP contribution in [0.1, 0.15) is 40.7 Å². The maximum Gasteiger partial charge on any atom is 0.335 e. The molecule has 0 spiro atoms. The highest BCUT2D eigenvalue weighted by atomic mass is 16.4. The second-order valence-electron chi connectivity index (χ2n) is 8.43. The van der Waals surface area contributed by atoms with Gasteiger partial charge in [-0.1, -0.05) is 55.7 Å². The summed E-state index contributed by atoms with van der Waals surface area (Å²) in [5.41, 5.74) is 7.22. The number of nitrogens with zero attached hydrogens (tertiary/aromatic N) is 1. The van der Waals surface area contributed by atoms with Gasteiger partial charge in [-0.2, -0.15) is 0 Å². The normalized spacial score (nSPS) is 14.0. The Balaban J connectivity index is 1.73. The van der Waals surface area contributed by atoms with E-state index in [0.717, 1.165) is 34.8 Å². The SMILES string of the molecule is Cc1cc2c(cc1CC1CCC1)cc(-c1ccccc1)n2-c1cccc(C(=O)O)c1. The molecule has 0 atom stereocenters. The topological polar surface area (TPSA) is 42.2 Å². The van der Waals surface area contributed by atoms with Gasteiger partial charge in [0.15, 0.2) is 0 Å². The van der Waals surface area contributed by atoms with E-state index in [4.69, 9.17) is 0 Å². The minimum Gasteiger partial charge on any atom is -0.478 e. The number of hydrogen-bond donors (Lipinski definition) is 1. The molecule has 150 valence electrons. The molecule has 0 amide bonds. The van der Waals surface area contributed by atoms with Gasteiger partial charge in [0.05, 0.1) is 16.8 Å². The summed E-state index contributed by atoms with van der Waals surface area (Å²) in [5, 5.41) is 10.7. The fourth-order valence-electron chi connectivity index (χ4n) is 4.51. The molecule has 0 bridgehead atoms. The zero-order valence-corrected chi connectivity index (χ0v) is 17.1. The highest BCUT2D eigenvalue weighted by molar-refractivity contribution is 5.92. The maximum atomic E-state index is 11.6. The minimum absolute atomic E-state index is 0.298. The Morgan fingerprint density at radius 1 is 1.00 bits per heavy atom. The second-order valence-corrected chi connectivity index (χ2v) is 8.43. The lowest BCUT2D eigenvalue weighted by Gasteiger charge is -2.26. The third-order valence-corrected chi connectivity index (χ3v) is 6.41. The summed E-state index contributed by atoms with van der Waals surface area (Å²) >= 11 is 0. The molecule has 0 aliphatic heterocycles. The van der Waals surface area contributed by atoms with Gasteiger partial charge in [-0.3, -0.25) is 0 Å². The lowest BCUT2D eigenvalue weighted by atomic mass is 9.80. The van der Waals surface area contributed by atoms with Crippen molar-refractivity contribution in [1.29, 1.82) is 0 Å². The van der Waals surface area contributed by atoms with Crippen LogP contribution < -0.4 is 0 Å². The molecule has 3 heteroatoms. The molecule has 1 saturated carbocycles. The zero-order chi connectivity index (χ0) is 20.7. The summed E-state index contributed by atoms with van der Waals surface area (Å²) in [7, 11) is 0. The van der Waals surface area contributed by atoms with Crippen molar-refractivity contribution in [2.24, 2.45) is 5.92 Å². The van der Waals surface area contributed by atoms with Crippen LogP contribution in [0.25, 0.3) is 27.8 Å². The van der Waals surface area contributed by atoms with E-state index in [9.17, 15) is 9.90 Å². The fraction of sp³-hybridized carbons (Fsp3) is 0.222. The molecular weight excluding hydrogens is 370 g/mol. The van der Waals surface area contributed by atoms with Crippen LogP contribution in [-0.2, 0) is 6.42 Å². The first-order chi connectivity index (χ1) is 14.6. The molecule has 1 aliphatic carbocycles. The smallest absolute Gasteiger partial charge is 0.335 e. The average Bonchev–Trinajstić information content (AvgIpc) is 3.09. The summed E-state index contributed by atoms with van der Waals surface area (Å²) in [5.74, 6) is -0.0855. The first-order valence-corrected chi connectivity index (χ1v) is 10.6. The molecule has 0 radical (unpaired) electrons. The van der Waals surface area contributed by atoms with E-state index >= 15 is 0 Å². The van der Waals surface area contributed by atoms with Crippen molar-refractivity contribution in [3.8, 4) is 16.9 Å². The van der Waals surface area contributed by atoms with Gasteiger partial charge in [-0.05, 0) is 72.4 Å². The van der Waals surface area contributed by atoms with Crippen LogP contribution in [0.3, 0.4) is 0 Å². The molecule has 1 fully saturated rings. The quantitative estimate of drug-likeness (QED) is 0.411. The Hall–Kier alpha value is -3.33. The van der Waals surface area contributed by atoms with Crippen molar-refractivity contribution < 1.29 is 9.90 Å². The van der Waals surface area contributed by atoms with Gasteiger partial charge in [-0.25, -0.2) is 4.79 Å². The molecule has 1 aromatic heterocycles. The number of carboxylic acid groups (broad SMARTS) is 1. The number of carbonyl (C=O) groups is 1. The predicted octanol–water partition coefficient (Wildman–Crippen LogP) is 6.65. The van der Waals surface area contributed by atoms with E-state index in [0.29, 0.717) is 5.56 Å². The molecule has 3 nitrogen and oxygen atoms in total. The van der Waals surface area contributed by atoms with Gasteiger partial charge in [0.1, 0.15) is 0 Å². The van der Waals surface area contributed by atoms with Crippen LogP contribution in [0, 0.1) is 12.8 Å². The van der Waals surface area contributed by atoms with Gasteiger partial charge >= 0.3 is 5.97 Å². The van der Waals surface area contributed by atoms with E-state index in [1.54, 1.807) is 12.1 Å². The van der Waals surface area contributed by atoms with Crippen molar-refractivity contribution >= 4 is 16.9 Å². The first kappa shape index (κ1) is 18.7. The van der Waals surface area contributed by atoms with Crippen molar-refractivity contribution in [3.05, 3.63) is 89.5 Å². The molecule has 30 heavy (non-hydrogen) atoms. The zero-order valence-electron chi connectivity index (χ0n) is 17.1. The minimum atomic E-state index is -0.909. The van der Waals surface area contributed by atoms with Crippen molar-refractivity contribution in [3.63, 3.8) is 0 Å². The molecule has 5 rings (SSSR count). The number of aryl methyl sites for hydroxylation is 1. The van der Waals surface area contributed by atoms with Crippen LogP contribution in [0.5, 0.6) is 0 Å². The summed E-state index contributed by atoms with van der Waals surface area (Å²) in [6.45, 7) is 2.20. The molecule has 1 heterocycles. The molecule has 1 N–H and O–H groups in total. The van der Waals surface area contributed by atoms with E-state index in [1.807, 2.05) is 30.3 Å². The van der Waals surface area contributed by atoms with Crippen molar-refractivity contribution in [2.45, 2.75) is 32.6 Å². The fourth-order valence-corrected chi connectivity index (χ4v) is 4.51. The van der Waals surface area contributed by atoms with Gasteiger partial charge in [-0.15, -0.1) is 0 Å². The van der Waals surface area contributed by atoms with Crippen LogP contribution in [0.4, 0.5) is 0 Å². The van der Waals surface area contributed by atoms with E-state index < -0.39 is 5.97 Å². The van der Waals surface area contributed by atoms with Crippen molar-refractivity contribution in [2.75, 3.05) is 0 Å². The van der Waals surface area contributed by atoms with Gasteiger partial charge in [0.25, 0.3) is 0 Å². The van der Waals surface area contributed by atoms with E-state index in [2.05, 4.69) is 41.8 Å². The number of aromatic nitrogens is 1. The van der Waals surface area contributed by atoms with Gasteiger partial charge < -0.3 is 9.67 Å². The van der Waals surface area contributed by atoms with Gasteiger partial charge in [0.2, 0.25) is 0 Å². The third kappa shape index (κ3) is 3.30. The molecule has 1 aliphatic rings. The molecule has 4 aromatic rings. The molecular formula is C27H25NO2. The molecule has 3 aromatic carbocycles. The highest BCUT2D eigenvalue weighted by Gasteiger charge is 2.20. The summed E-state index contributed by atoms with van der Waals surface area (Å²) in [4.78, 5) is 11.6. The van der Waals surface area contributed by atoms with Crippen LogP contribution in [-0.4, -0.2) is 15.6 Å². The van der Waals surface area contributed by atoms with Crippen LogP contribution in [0.2, 0.25) is 0 Å². The maximum absolute atomic E-state index is 11.6. The predicted molar refractivity (Wildman–Crippen MR) is 121 cm³/mol. The Kier molecular flexibility index (Phi) is 4.66. The largest absolute Gasteiger partial charge is 0.478 e. The molecule has 0 saturated heterocycles.